The van der Waals surface area contributed by atoms with Gasteiger partial charge in [0.15, 0.2) is 0 Å². The topological polar surface area (TPSA) is 72.7 Å². The van der Waals surface area contributed by atoms with E-state index >= 15 is 0 Å². The van der Waals surface area contributed by atoms with Crippen molar-refractivity contribution in [1.82, 2.24) is 5.32 Å². The van der Waals surface area contributed by atoms with Crippen LogP contribution in [-0.4, -0.2) is 34.6 Å². The van der Waals surface area contributed by atoms with Gasteiger partial charge >= 0.3 is 0 Å². The van der Waals surface area contributed by atoms with Gasteiger partial charge in [-0.1, -0.05) is 19.1 Å². The lowest BCUT2D eigenvalue weighted by atomic mass is 10.0. The molecule has 2 atom stereocenters. The molecule has 0 saturated carbocycles. The normalized spacial score (nSPS) is 14.7. The van der Waals surface area contributed by atoms with Crippen LogP contribution in [0.25, 0.3) is 0 Å². The number of phenols is 1. The average Bonchev–Trinajstić information content (AvgIpc) is 2.31. The minimum atomic E-state index is -0.730. The molecule has 2 unspecified atom stereocenters. The predicted molar refractivity (Wildman–Crippen MR) is 62.2 cm³/mol. The molecular weight excluding hydrogens is 206 g/mol. The van der Waals surface area contributed by atoms with E-state index in [9.17, 15) is 10.2 Å². The SMILES string of the molecule is CCC(NCC(O)CO)c1ccc(O)cc1. The van der Waals surface area contributed by atoms with Crippen molar-refractivity contribution in [3.8, 4) is 5.75 Å². The second-order valence-electron chi connectivity index (χ2n) is 3.80. The van der Waals surface area contributed by atoms with Gasteiger partial charge in [0.1, 0.15) is 5.75 Å². The van der Waals surface area contributed by atoms with Crippen LogP contribution in [0.4, 0.5) is 0 Å². The molecule has 0 amide bonds. The first kappa shape index (κ1) is 13.0. The van der Waals surface area contributed by atoms with Crippen LogP contribution in [-0.2, 0) is 0 Å². The summed E-state index contributed by atoms with van der Waals surface area (Å²) in [5.74, 6) is 0.244. The highest BCUT2D eigenvalue weighted by atomic mass is 16.3. The number of aliphatic hydroxyl groups excluding tert-OH is 2. The van der Waals surface area contributed by atoms with Gasteiger partial charge in [0, 0.05) is 12.6 Å². The Hall–Kier alpha value is -1.10. The van der Waals surface area contributed by atoms with Crippen molar-refractivity contribution in [2.45, 2.75) is 25.5 Å². The molecule has 0 aromatic heterocycles. The molecule has 1 rings (SSSR count). The first-order chi connectivity index (χ1) is 7.67. The van der Waals surface area contributed by atoms with Gasteiger partial charge in [0.2, 0.25) is 0 Å². The lowest BCUT2D eigenvalue weighted by Gasteiger charge is -2.19. The summed E-state index contributed by atoms with van der Waals surface area (Å²) in [7, 11) is 0. The van der Waals surface area contributed by atoms with Gasteiger partial charge in [0.25, 0.3) is 0 Å². The smallest absolute Gasteiger partial charge is 0.115 e. The van der Waals surface area contributed by atoms with E-state index in [1.54, 1.807) is 12.1 Å². The fourth-order valence-corrected chi connectivity index (χ4v) is 1.55. The monoisotopic (exact) mass is 225 g/mol. The van der Waals surface area contributed by atoms with E-state index in [1.807, 2.05) is 19.1 Å². The number of hydrogen-bond donors (Lipinski definition) is 4. The van der Waals surface area contributed by atoms with E-state index in [4.69, 9.17) is 5.11 Å². The van der Waals surface area contributed by atoms with Crippen LogP contribution in [0.15, 0.2) is 24.3 Å². The zero-order valence-electron chi connectivity index (χ0n) is 9.43. The number of benzene rings is 1. The van der Waals surface area contributed by atoms with Crippen LogP contribution < -0.4 is 5.32 Å². The molecule has 0 heterocycles. The summed E-state index contributed by atoms with van der Waals surface area (Å²) in [5.41, 5.74) is 1.06. The number of nitrogens with one attached hydrogen (secondary N) is 1. The lowest BCUT2D eigenvalue weighted by molar-refractivity contribution is 0.0917. The third-order valence-electron chi connectivity index (χ3n) is 2.51. The van der Waals surface area contributed by atoms with Crippen molar-refractivity contribution in [1.29, 1.82) is 0 Å². The molecule has 0 bridgehead atoms. The highest BCUT2D eigenvalue weighted by molar-refractivity contribution is 5.27. The van der Waals surface area contributed by atoms with E-state index in [2.05, 4.69) is 5.32 Å². The number of hydrogen-bond acceptors (Lipinski definition) is 4. The molecular formula is C12H19NO3. The maximum Gasteiger partial charge on any atom is 0.115 e. The molecule has 16 heavy (non-hydrogen) atoms. The van der Waals surface area contributed by atoms with Crippen molar-refractivity contribution in [3.63, 3.8) is 0 Å². The van der Waals surface area contributed by atoms with Crippen molar-refractivity contribution >= 4 is 0 Å². The molecule has 0 aliphatic carbocycles. The molecule has 4 nitrogen and oxygen atoms in total. The van der Waals surface area contributed by atoms with Crippen LogP contribution >= 0.6 is 0 Å². The summed E-state index contributed by atoms with van der Waals surface area (Å²) in [5, 5.41) is 30.3. The second-order valence-corrected chi connectivity index (χ2v) is 3.80. The van der Waals surface area contributed by atoms with Gasteiger partial charge in [-0.3, -0.25) is 0 Å². The predicted octanol–water partition coefficient (Wildman–Crippen LogP) is 0.786. The number of phenolic OH excluding ortho intramolecular Hbond substituents is 1. The van der Waals surface area contributed by atoms with Gasteiger partial charge in [-0.25, -0.2) is 0 Å². The Balaban J connectivity index is 2.57. The van der Waals surface area contributed by atoms with E-state index in [-0.39, 0.29) is 18.4 Å². The van der Waals surface area contributed by atoms with Crippen LogP contribution in [0, 0.1) is 0 Å². The highest BCUT2D eigenvalue weighted by Crippen LogP contribution is 2.19. The molecule has 90 valence electrons. The molecule has 0 radical (unpaired) electrons. The fraction of sp³-hybridized carbons (Fsp3) is 0.500. The summed E-state index contributed by atoms with van der Waals surface area (Å²) in [4.78, 5) is 0. The maximum absolute atomic E-state index is 9.24. The molecule has 4 N–H and O–H groups in total. The van der Waals surface area contributed by atoms with Crippen molar-refractivity contribution in [2.24, 2.45) is 0 Å². The summed E-state index contributed by atoms with van der Waals surface area (Å²) in [6, 6.07) is 7.11. The van der Waals surface area contributed by atoms with Crippen LogP contribution in [0.2, 0.25) is 0 Å². The summed E-state index contributed by atoms with van der Waals surface area (Å²) in [6.07, 6.45) is 0.147. The van der Waals surface area contributed by atoms with Crippen molar-refractivity contribution in [2.75, 3.05) is 13.2 Å². The Morgan fingerprint density at radius 2 is 1.88 bits per heavy atom. The number of aromatic hydroxyl groups is 1. The Labute approximate surface area is 95.6 Å². The summed E-state index contributed by atoms with van der Waals surface area (Å²) in [6.45, 7) is 2.16. The van der Waals surface area contributed by atoms with Gasteiger partial charge in [-0.2, -0.15) is 0 Å². The Morgan fingerprint density at radius 1 is 1.25 bits per heavy atom. The fourth-order valence-electron chi connectivity index (χ4n) is 1.55. The Morgan fingerprint density at radius 3 is 2.38 bits per heavy atom. The lowest BCUT2D eigenvalue weighted by Crippen LogP contribution is -2.32. The number of aliphatic hydroxyl groups is 2. The zero-order valence-corrected chi connectivity index (χ0v) is 9.43. The van der Waals surface area contributed by atoms with E-state index < -0.39 is 6.10 Å². The first-order valence-electron chi connectivity index (χ1n) is 5.48. The van der Waals surface area contributed by atoms with Crippen molar-refractivity contribution < 1.29 is 15.3 Å². The maximum atomic E-state index is 9.24. The van der Waals surface area contributed by atoms with Gasteiger partial charge in [0.05, 0.1) is 12.7 Å². The number of rotatable bonds is 6. The molecule has 1 aromatic carbocycles. The van der Waals surface area contributed by atoms with Crippen LogP contribution in [0.1, 0.15) is 24.9 Å². The third-order valence-corrected chi connectivity index (χ3v) is 2.51. The average molecular weight is 225 g/mol. The van der Waals surface area contributed by atoms with Gasteiger partial charge in [-0.15, -0.1) is 0 Å². The summed E-state index contributed by atoms with van der Waals surface area (Å²) < 4.78 is 0. The molecule has 0 spiro atoms. The second kappa shape index (κ2) is 6.48. The van der Waals surface area contributed by atoms with E-state index in [1.165, 1.54) is 0 Å². The standard InChI is InChI=1S/C12H19NO3/c1-2-12(13-7-11(16)8-14)9-3-5-10(15)6-4-9/h3-6,11-16H,2,7-8H2,1H3. The molecule has 0 aliphatic rings. The minimum Gasteiger partial charge on any atom is -0.508 e. The van der Waals surface area contributed by atoms with Gasteiger partial charge in [-0.05, 0) is 24.1 Å². The van der Waals surface area contributed by atoms with Crippen molar-refractivity contribution in [3.05, 3.63) is 29.8 Å². The zero-order chi connectivity index (χ0) is 12.0. The quantitative estimate of drug-likeness (QED) is 0.577. The Kier molecular flexibility index (Phi) is 5.25. The largest absolute Gasteiger partial charge is 0.508 e. The molecule has 0 fully saturated rings. The highest BCUT2D eigenvalue weighted by Gasteiger charge is 2.10. The molecule has 0 aliphatic heterocycles. The van der Waals surface area contributed by atoms with E-state index in [0.717, 1.165) is 12.0 Å². The Bertz CT molecular complexity index is 300. The first-order valence-corrected chi connectivity index (χ1v) is 5.48. The molecule has 4 heteroatoms. The third kappa shape index (κ3) is 3.81. The summed E-state index contributed by atoms with van der Waals surface area (Å²) >= 11 is 0. The molecule has 0 saturated heterocycles. The minimum absolute atomic E-state index is 0.127. The van der Waals surface area contributed by atoms with Gasteiger partial charge < -0.3 is 20.6 Å². The molecule has 1 aromatic rings. The van der Waals surface area contributed by atoms with E-state index in [0.29, 0.717) is 6.54 Å². The van der Waals surface area contributed by atoms with Crippen LogP contribution in [0.5, 0.6) is 5.75 Å². The van der Waals surface area contributed by atoms with Crippen LogP contribution in [0.3, 0.4) is 0 Å².